The van der Waals surface area contributed by atoms with Crippen LogP contribution in [0.15, 0.2) is 48.8 Å². The number of hydrogen-bond donors (Lipinski definition) is 2. The molecule has 2 bridgehead atoms. The quantitative estimate of drug-likeness (QED) is 0.884. The van der Waals surface area contributed by atoms with Gasteiger partial charge in [-0.25, -0.2) is 0 Å². The highest BCUT2D eigenvalue weighted by Gasteiger charge is 2.41. The van der Waals surface area contributed by atoms with E-state index in [2.05, 4.69) is 44.9 Å². The Hall–Kier alpha value is -1.78. The van der Waals surface area contributed by atoms with Gasteiger partial charge in [0.25, 0.3) is 0 Å². The fourth-order valence-corrected chi connectivity index (χ4v) is 3.76. The minimum Gasteiger partial charge on any atom is -0.316 e. The van der Waals surface area contributed by atoms with Gasteiger partial charge in [-0.2, -0.15) is 0 Å². The van der Waals surface area contributed by atoms with Crippen LogP contribution in [0.3, 0.4) is 0 Å². The number of hydrogen-bond acceptors (Lipinski definition) is 4. The summed E-state index contributed by atoms with van der Waals surface area (Å²) in [6.07, 6.45) is 5.01. The third-order valence-corrected chi connectivity index (χ3v) is 4.73. The lowest BCUT2D eigenvalue weighted by atomic mass is 9.75. The highest BCUT2D eigenvalue weighted by atomic mass is 15.1. The molecule has 2 aromatic heterocycles. The first-order valence-electron chi connectivity index (χ1n) is 7.70. The second kappa shape index (κ2) is 5.54. The van der Waals surface area contributed by atoms with Crippen molar-refractivity contribution in [2.75, 3.05) is 13.1 Å². The topological polar surface area (TPSA) is 49.8 Å². The Morgan fingerprint density at radius 2 is 1.38 bits per heavy atom. The Labute approximate surface area is 125 Å². The Bertz CT molecular complexity index is 535. The third kappa shape index (κ3) is 2.45. The fraction of sp³-hybridized carbons (Fsp3) is 0.412. The molecule has 0 spiro atoms. The van der Waals surface area contributed by atoms with E-state index >= 15 is 0 Å². The summed E-state index contributed by atoms with van der Waals surface area (Å²) in [7, 11) is 0. The molecule has 4 rings (SSSR count). The molecule has 2 saturated heterocycles. The molecule has 2 aliphatic rings. The van der Waals surface area contributed by atoms with Crippen LogP contribution in [0.4, 0.5) is 0 Å². The lowest BCUT2D eigenvalue weighted by Gasteiger charge is -2.46. The van der Waals surface area contributed by atoms with Gasteiger partial charge in [0, 0.05) is 12.4 Å². The summed E-state index contributed by atoms with van der Waals surface area (Å²) in [5.74, 6) is 1.22. The van der Waals surface area contributed by atoms with E-state index in [0.29, 0.717) is 23.9 Å². The van der Waals surface area contributed by atoms with Crippen LogP contribution in [0.5, 0.6) is 0 Å². The van der Waals surface area contributed by atoms with Gasteiger partial charge in [0.2, 0.25) is 0 Å². The van der Waals surface area contributed by atoms with Crippen LogP contribution in [-0.2, 0) is 0 Å². The zero-order chi connectivity index (χ0) is 14.1. The lowest BCUT2D eigenvalue weighted by Crippen LogP contribution is -2.52. The summed E-state index contributed by atoms with van der Waals surface area (Å²) in [6, 6.07) is 13.0. The molecule has 0 saturated carbocycles. The number of rotatable bonds is 2. The molecule has 0 radical (unpaired) electrons. The van der Waals surface area contributed by atoms with E-state index in [1.807, 2.05) is 24.5 Å². The van der Waals surface area contributed by atoms with Crippen LogP contribution in [0.1, 0.15) is 29.9 Å². The van der Waals surface area contributed by atoms with Crippen molar-refractivity contribution in [1.82, 2.24) is 20.6 Å². The molecule has 4 atom stereocenters. The Kier molecular flexibility index (Phi) is 3.41. The van der Waals surface area contributed by atoms with Gasteiger partial charge in [-0.05, 0) is 55.6 Å². The Balaban J connectivity index is 1.66. The number of nitrogens with one attached hydrogen (secondary N) is 2. The second-order valence-electron chi connectivity index (χ2n) is 6.05. The van der Waals surface area contributed by atoms with Crippen molar-refractivity contribution in [2.45, 2.75) is 18.5 Å². The van der Waals surface area contributed by atoms with Crippen LogP contribution < -0.4 is 10.6 Å². The first kappa shape index (κ1) is 12.9. The third-order valence-electron chi connectivity index (χ3n) is 4.73. The fourth-order valence-electron chi connectivity index (χ4n) is 3.76. The van der Waals surface area contributed by atoms with E-state index in [9.17, 15) is 0 Å². The van der Waals surface area contributed by atoms with Crippen LogP contribution >= 0.6 is 0 Å². The average Bonchev–Trinajstić information content (AvgIpc) is 2.57. The van der Waals surface area contributed by atoms with Gasteiger partial charge < -0.3 is 5.32 Å². The molecule has 4 unspecified atom stereocenters. The predicted molar refractivity (Wildman–Crippen MR) is 81.6 cm³/mol. The van der Waals surface area contributed by atoms with Crippen LogP contribution in [0.25, 0.3) is 0 Å². The molecular weight excluding hydrogens is 260 g/mol. The number of nitrogens with zero attached hydrogens (tertiary/aromatic N) is 2. The molecule has 2 aromatic rings. The molecule has 2 fully saturated rings. The molecule has 0 aromatic carbocycles. The van der Waals surface area contributed by atoms with Crippen molar-refractivity contribution in [2.24, 2.45) is 11.8 Å². The Morgan fingerprint density at radius 1 is 0.810 bits per heavy atom. The van der Waals surface area contributed by atoms with Gasteiger partial charge >= 0.3 is 0 Å². The summed E-state index contributed by atoms with van der Waals surface area (Å²) in [5.41, 5.74) is 2.29. The van der Waals surface area contributed by atoms with E-state index < -0.39 is 0 Å². The molecular formula is C17H20N4. The number of pyridine rings is 2. The lowest BCUT2D eigenvalue weighted by molar-refractivity contribution is 0.117. The van der Waals surface area contributed by atoms with E-state index in [4.69, 9.17) is 0 Å². The van der Waals surface area contributed by atoms with Crippen molar-refractivity contribution in [3.05, 3.63) is 60.2 Å². The zero-order valence-corrected chi connectivity index (χ0v) is 11.9. The minimum absolute atomic E-state index is 0.308. The summed E-state index contributed by atoms with van der Waals surface area (Å²) < 4.78 is 0. The maximum atomic E-state index is 4.57. The van der Waals surface area contributed by atoms with Crippen molar-refractivity contribution in [3.63, 3.8) is 0 Å². The summed E-state index contributed by atoms with van der Waals surface area (Å²) in [6.45, 7) is 2.14. The van der Waals surface area contributed by atoms with Crippen LogP contribution in [0, 0.1) is 11.8 Å². The maximum absolute atomic E-state index is 4.57. The molecule has 21 heavy (non-hydrogen) atoms. The number of fused-ring (bicyclic) bond motifs is 2. The first-order chi connectivity index (χ1) is 10.4. The standard InChI is InChI=1S/C17H20N4/c1-3-7-19-14(5-1)16-12-9-13(11-18-10-12)17(21-16)15-6-2-4-8-20-15/h1-8,12-13,16-18,21H,9-11H2. The van der Waals surface area contributed by atoms with Gasteiger partial charge in [-0.1, -0.05) is 12.1 Å². The van der Waals surface area contributed by atoms with Crippen LogP contribution in [0.2, 0.25) is 0 Å². The average molecular weight is 280 g/mol. The van der Waals surface area contributed by atoms with Crippen molar-refractivity contribution >= 4 is 0 Å². The van der Waals surface area contributed by atoms with Gasteiger partial charge in [-0.3, -0.25) is 15.3 Å². The van der Waals surface area contributed by atoms with Gasteiger partial charge in [0.1, 0.15) is 0 Å². The van der Waals surface area contributed by atoms with Crippen LogP contribution in [-0.4, -0.2) is 23.1 Å². The van der Waals surface area contributed by atoms with Crippen molar-refractivity contribution in [1.29, 1.82) is 0 Å². The molecule has 4 nitrogen and oxygen atoms in total. The normalized spacial score (nSPS) is 31.8. The molecule has 4 heterocycles. The SMILES string of the molecule is c1ccc(C2NC(c3ccccn3)C3CNCC2C3)nc1. The summed E-state index contributed by atoms with van der Waals surface area (Å²) in [5, 5.41) is 7.41. The first-order valence-corrected chi connectivity index (χ1v) is 7.70. The minimum atomic E-state index is 0.308. The smallest absolute Gasteiger partial charge is 0.0576 e. The molecule has 2 N–H and O–H groups in total. The number of piperidine rings is 2. The predicted octanol–water partition coefficient (Wildman–Crippen LogP) is 2.09. The van der Waals surface area contributed by atoms with Gasteiger partial charge in [-0.15, -0.1) is 0 Å². The second-order valence-corrected chi connectivity index (χ2v) is 6.05. The monoisotopic (exact) mass is 280 g/mol. The molecule has 2 aliphatic heterocycles. The zero-order valence-electron chi connectivity index (χ0n) is 11.9. The van der Waals surface area contributed by atoms with E-state index in [-0.39, 0.29) is 0 Å². The molecule has 4 heteroatoms. The Morgan fingerprint density at radius 3 is 1.86 bits per heavy atom. The van der Waals surface area contributed by atoms with Crippen molar-refractivity contribution < 1.29 is 0 Å². The highest BCUT2D eigenvalue weighted by molar-refractivity contribution is 5.18. The molecule has 0 amide bonds. The largest absolute Gasteiger partial charge is 0.316 e. The maximum Gasteiger partial charge on any atom is 0.0576 e. The van der Waals surface area contributed by atoms with E-state index in [0.717, 1.165) is 24.5 Å². The number of aromatic nitrogens is 2. The summed E-state index contributed by atoms with van der Waals surface area (Å²) >= 11 is 0. The van der Waals surface area contributed by atoms with E-state index in [1.165, 1.54) is 6.42 Å². The van der Waals surface area contributed by atoms with Gasteiger partial charge in [0.05, 0.1) is 23.5 Å². The summed E-state index contributed by atoms with van der Waals surface area (Å²) in [4.78, 5) is 9.13. The highest BCUT2D eigenvalue weighted by Crippen LogP contribution is 2.40. The molecule has 0 aliphatic carbocycles. The van der Waals surface area contributed by atoms with Gasteiger partial charge in [0.15, 0.2) is 0 Å². The van der Waals surface area contributed by atoms with Crippen molar-refractivity contribution in [3.8, 4) is 0 Å². The molecule has 108 valence electrons. The van der Waals surface area contributed by atoms with E-state index in [1.54, 1.807) is 0 Å².